The second-order valence-corrected chi connectivity index (χ2v) is 5.65. The fraction of sp³-hybridized carbons (Fsp3) is 0.385. The Morgan fingerprint density at radius 2 is 2.33 bits per heavy atom. The van der Waals surface area contributed by atoms with Crippen molar-refractivity contribution in [3.05, 3.63) is 30.1 Å². The summed E-state index contributed by atoms with van der Waals surface area (Å²) in [5.41, 5.74) is 1.82. The Morgan fingerprint density at radius 1 is 1.50 bits per heavy atom. The average Bonchev–Trinajstić information content (AvgIpc) is 2.96. The highest BCUT2D eigenvalue weighted by molar-refractivity contribution is 7.99. The highest BCUT2D eigenvalue weighted by Crippen LogP contribution is 2.33. The van der Waals surface area contributed by atoms with Gasteiger partial charge in [0, 0.05) is 11.7 Å². The molecule has 1 fully saturated rings. The number of imidazole rings is 1. The Bertz CT molecular complexity index is 588. The molecule has 1 aliphatic heterocycles. The lowest BCUT2D eigenvalue weighted by atomic mass is 10.1. The number of carbonyl (C=O) groups is 1. The standard InChI is InChI=1S/C13H14N2O2S/c16-12(17)7-15-11-4-2-1-3-10(11)14-13(15)9-5-6-18-8-9/h1-4,9H,5-8H2,(H,16,17). The molecule has 0 radical (unpaired) electrons. The minimum absolute atomic E-state index is 0.00296. The predicted octanol–water partition coefficient (Wildman–Crippen LogP) is 2.34. The second kappa shape index (κ2) is 4.65. The number of para-hydroxylation sites is 2. The molecule has 94 valence electrons. The van der Waals surface area contributed by atoms with Crippen molar-refractivity contribution in [3.63, 3.8) is 0 Å². The van der Waals surface area contributed by atoms with Crippen molar-refractivity contribution in [2.45, 2.75) is 18.9 Å². The third-order valence-electron chi connectivity index (χ3n) is 3.27. The van der Waals surface area contributed by atoms with E-state index in [1.807, 2.05) is 40.6 Å². The molecule has 1 unspecified atom stereocenters. The molecule has 1 N–H and O–H groups in total. The van der Waals surface area contributed by atoms with Crippen molar-refractivity contribution in [3.8, 4) is 0 Å². The van der Waals surface area contributed by atoms with E-state index in [9.17, 15) is 4.79 Å². The van der Waals surface area contributed by atoms with Crippen LogP contribution >= 0.6 is 11.8 Å². The molecular formula is C13H14N2O2S. The van der Waals surface area contributed by atoms with Gasteiger partial charge in [-0.1, -0.05) is 12.1 Å². The van der Waals surface area contributed by atoms with Crippen molar-refractivity contribution in [1.82, 2.24) is 9.55 Å². The zero-order valence-electron chi connectivity index (χ0n) is 9.87. The maximum absolute atomic E-state index is 11.0. The molecule has 1 atom stereocenters. The number of aliphatic carboxylic acids is 1. The van der Waals surface area contributed by atoms with Gasteiger partial charge >= 0.3 is 5.97 Å². The monoisotopic (exact) mass is 262 g/mol. The summed E-state index contributed by atoms with van der Waals surface area (Å²) in [5.74, 6) is 2.69. The maximum atomic E-state index is 11.0. The Morgan fingerprint density at radius 3 is 3.06 bits per heavy atom. The van der Waals surface area contributed by atoms with Crippen LogP contribution in [0.5, 0.6) is 0 Å². The number of carboxylic acids is 1. The van der Waals surface area contributed by atoms with E-state index in [0.29, 0.717) is 5.92 Å². The quantitative estimate of drug-likeness (QED) is 0.922. The summed E-state index contributed by atoms with van der Waals surface area (Å²) < 4.78 is 1.86. The number of hydrogen-bond donors (Lipinski definition) is 1. The molecule has 2 aromatic rings. The van der Waals surface area contributed by atoms with Gasteiger partial charge in [-0.25, -0.2) is 4.98 Å². The van der Waals surface area contributed by atoms with Gasteiger partial charge in [-0.15, -0.1) is 0 Å². The molecule has 1 aromatic carbocycles. The fourth-order valence-electron chi connectivity index (χ4n) is 2.45. The van der Waals surface area contributed by atoms with Gasteiger partial charge in [0.1, 0.15) is 12.4 Å². The summed E-state index contributed by atoms with van der Waals surface area (Å²) in [6.45, 7) is -0.00296. The first kappa shape index (κ1) is 11.6. The molecule has 4 nitrogen and oxygen atoms in total. The third kappa shape index (κ3) is 1.99. The zero-order chi connectivity index (χ0) is 12.5. The van der Waals surface area contributed by atoms with Crippen LogP contribution in [0, 0.1) is 0 Å². The molecule has 0 aliphatic carbocycles. The van der Waals surface area contributed by atoms with E-state index in [1.54, 1.807) is 0 Å². The molecule has 0 saturated carbocycles. The van der Waals surface area contributed by atoms with Gasteiger partial charge in [0.25, 0.3) is 0 Å². The van der Waals surface area contributed by atoms with E-state index >= 15 is 0 Å². The molecular weight excluding hydrogens is 248 g/mol. The van der Waals surface area contributed by atoms with Gasteiger partial charge < -0.3 is 9.67 Å². The number of nitrogens with zero attached hydrogens (tertiary/aromatic N) is 2. The highest BCUT2D eigenvalue weighted by atomic mass is 32.2. The van der Waals surface area contributed by atoms with E-state index in [2.05, 4.69) is 4.98 Å². The lowest BCUT2D eigenvalue weighted by Crippen LogP contribution is -2.14. The van der Waals surface area contributed by atoms with E-state index in [0.717, 1.165) is 34.8 Å². The molecule has 1 aliphatic rings. The normalized spacial score (nSPS) is 19.4. The smallest absolute Gasteiger partial charge is 0.323 e. The number of aromatic nitrogens is 2. The molecule has 0 bridgehead atoms. The van der Waals surface area contributed by atoms with Gasteiger partial charge in [0.05, 0.1) is 11.0 Å². The molecule has 18 heavy (non-hydrogen) atoms. The zero-order valence-corrected chi connectivity index (χ0v) is 10.7. The summed E-state index contributed by atoms with van der Waals surface area (Å²) in [6.07, 6.45) is 1.09. The van der Waals surface area contributed by atoms with Crippen LogP contribution in [0.15, 0.2) is 24.3 Å². The highest BCUT2D eigenvalue weighted by Gasteiger charge is 2.24. The van der Waals surface area contributed by atoms with Crippen molar-refractivity contribution in [1.29, 1.82) is 0 Å². The van der Waals surface area contributed by atoms with E-state index in [-0.39, 0.29) is 6.54 Å². The van der Waals surface area contributed by atoms with Crippen LogP contribution in [0.1, 0.15) is 18.2 Å². The fourth-order valence-corrected chi connectivity index (χ4v) is 3.66. The summed E-state index contributed by atoms with van der Waals surface area (Å²) in [4.78, 5) is 15.7. The molecule has 3 rings (SSSR count). The predicted molar refractivity (Wildman–Crippen MR) is 72.1 cm³/mol. The van der Waals surface area contributed by atoms with Gasteiger partial charge in [-0.2, -0.15) is 11.8 Å². The summed E-state index contributed by atoms with van der Waals surface area (Å²) in [7, 11) is 0. The van der Waals surface area contributed by atoms with E-state index in [4.69, 9.17) is 5.11 Å². The molecule has 1 aromatic heterocycles. The summed E-state index contributed by atoms with van der Waals surface area (Å²) >= 11 is 1.91. The number of carboxylic acid groups (broad SMARTS) is 1. The van der Waals surface area contributed by atoms with Gasteiger partial charge in [-0.3, -0.25) is 4.79 Å². The van der Waals surface area contributed by atoms with Gasteiger partial charge in [0.2, 0.25) is 0 Å². The van der Waals surface area contributed by atoms with Crippen LogP contribution in [0.4, 0.5) is 0 Å². The van der Waals surface area contributed by atoms with Crippen molar-refractivity contribution in [2.75, 3.05) is 11.5 Å². The number of rotatable bonds is 3. The number of benzene rings is 1. The van der Waals surface area contributed by atoms with Crippen LogP contribution < -0.4 is 0 Å². The summed E-state index contributed by atoms with van der Waals surface area (Å²) in [6, 6.07) is 7.75. The van der Waals surface area contributed by atoms with Crippen LogP contribution in [-0.4, -0.2) is 32.1 Å². The minimum Gasteiger partial charge on any atom is -0.480 e. The van der Waals surface area contributed by atoms with Gasteiger partial charge in [-0.05, 0) is 24.3 Å². The first-order valence-corrected chi connectivity index (χ1v) is 7.16. The van der Waals surface area contributed by atoms with Crippen LogP contribution in [0.25, 0.3) is 11.0 Å². The topological polar surface area (TPSA) is 55.1 Å². The van der Waals surface area contributed by atoms with Crippen molar-refractivity contribution >= 4 is 28.8 Å². The Hall–Kier alpha value is -1.49. The van der Waals surface area contributed by atoms with Crippen LogP contribution in [0.2, 0.25) is 0 Å². The minimum atomic E-state index is -0.815. The molecule has 0 amide bonds. The van der Waals surface area contributed by atoms with Crippen LogP contribution in [-0.2, 0) is 11.3 Å². The molecule has 0 spiro atoms. The molecule has 5 heteroatoms. The largest absolute Gasteiger partial charge is 0.480 e. The lowest BCUT2D eigenvalue weighted by molar-refractivity contribution is -0.137. The average molecular weight is 262 g/mol. The number of hydrogen-bond acceptors (Lipinski definition) is 3. The first-order valence-electron chi connectivity index (χ1n) is 6.00. The van der Waals surface area contributed by atoms with Crippen molar-refractivity contribution in [2.24, 2.45) is 0 Å². The third-order valence-corrected chi connectivity index (χ3v) is 4.43. The SMILES string of the molecule is O=C(O)Cn1c(C2CCSC2)nc2ccccc21. The van der Waals surface area contributed by atoms with Crippen molar-refractivity contribution < 1.29 is 9.90 Å². The Kier molecular flexibility index (Phi) is 2.99. The Balaban J connectivity index is 2.12. The Labute approximate surface area is 109 Å². The first-order chi connectivity index (χ1) is 8.75. The number of thioether (sulfide) groups is 1. The second-order valence-electron chi connectivity index (χ2n) is 4.50. The molecule has 1 saturated heterocycles. The van der Waals surface area contributed by atoms with Gasteiger partial charge in [0.15, 0.2) is 0 Å². The maximum Gasteiger partial charge on any atom is 0.323 e. The summed E-state index contributed by atoms with van der Waals surface area (Å²) in [5, 5.41) is 9.06. The van der Waals surface area contributed by atoms with Crippen LogP contribution in [0.3, 0.4) is 0 Å². The number of fused-ring (bicyclic) bond motifs is 1. The lowest BCUT2D eigenvalue weighted by Gasteiger charge is -2.10. The molecule has 2 heterocycles. The van der Waals surface area contributed by atoms with E-state index in [1.165, 1.54) is 0 Å². The van der Waals surface area contributed by atoms with E-state index < -0.39 is 5.97 Å².